The van der Waals surface area contributed by atoms with E-state index in [0.29, 0.717) is 0 Å². The van der Waals surface area contributed by atoms with Crippen LogP contribution in [0, 0.1) is 6.92 Å². The maximum atomic E-state index is 5.50. The van der Waals surface area contributed by atoms with Gasteiger partial charge in [0.15, 0.2) is 0 Å². The Balaban J connectivity index is 0.000000640. The van der Waals surface area contributed by atoms with Crippen molar-refractivity contribution in [1.29, 1.82) is 0 Å². The maximum absolute atomic E-state index is 5.50. The van der Waals surface area contributed by atoms with Gasteiger partial charge in [0.25, 0.3) is 0 Å². The van der Waals surface area contributed by atoms with Crippen LogP contribution >= 0.6 is 12.4 Å². The van der Waals surface area contributed by atoms with Gasteiger partial charge in [-0.25, -0.2) is 4.98 Å². The highest BCUT2D eigenvalue weighted by Gasteiger charge is 1.94. The molecule has 0 atom stereocenters. The van der Waals surface area contributed by atoms with Crippen molar-refractivity contribution in [3.8, 4) is 0 Å². The van der Waals surface area contributed by atoms with Crippen LogP contribution in [0.5, 0.6) is 0 Å². The quantitative estimate of drug-likeness (QED) is 0.588. The molecule has 1 aromatic heterocycles. The minimum atomic E-state index is 0. The molecule has 0 saturated heterocycles. The minimum Gasteiger partial charge on any atom is -0.384 e. The predicted octanol–water partition coefficient (Wildman–Crippen LogP) is 0.733. The van der Waals surface area contributed by atoms with E-state index in [1.165, 1.54) is 0 Å². The molecule has 0 aliphatic heterocycles. The summed E-state index contributed by atoms with van der Waals surface area (Å²) in [4.78, 5) is 3.95. The SMILES string of the molecule is Cc1ncn(C)c1N.Cl. The maximum Gasteiger partial charge on any atom is 0.126 e. The first-order valence-electron chi connectivity index (χ1n) is 2.45. The Kier molecular flexibility index (Phi) is 2.52. The van der Waals surface area contributed by atoms with Gasteiger partial charge in [-0.1, -0.05) is 0 Å². The molecule has 1 rings (SSSR count). The first kappa shape index (κ1) is 8.30. The number of anilines is 1. The van der Waals surface area contributed by atoms with E-state index in [0.717, 1.165) is 11.5 Å². The van der Waals surface area contributed by atoms with Gasteiger partial charge < -0.3 is 10.3 Å². The number of nitrogen functional groups attached to an aromatic ring is 1. The van der Waals surface area contributed by atoms with E-state index in [-0.39, 0.29) is 12.4 Å². The molecule has 1 heterocycles. The summed E-state index contributed by atoms with van der Waals surface area (Å²) >= 11 is 0. The van der Waals surface area contributed by atoms with Crippen LogP contribution in [0.2, 0.25) is 0 Å². The average molecular weight is 148 g/mol. The number of nitrogens with zero attached hydrogens (tertiary/aromatic N) is 2. The lowest BCUT2D eigenvalue weighted by Gasteiger charge is -1.91. The lowest BCUT2D eigenvalue weighted by Crippen LogP contribution is -1.94. The summed E-state index contributed by atoms with van der Waals surface area (Å²) in [6, 6.07) is 0. The lowest BCUT2D eigenvalue weighted by molar-refractivity contribution is 0.925. The Hall–Kier alpha value is -0.700. The third-order valence-electron chi connectivity index (χ3n) is 1.18. The van der Waals surface area contributed by atoms with E-state index < -0.39 is 0 Å². The van der Waals surface area contributed by atoms with E-state index in [1.54, 1.807) is 10.9 Å². The van der Waals surface area contributed by atoms with Gasteiger partial charge >= 0.3 is 0 Å². The number of rotatable bonds is 0. The van der Waals surface area contributed by atoms with Crippen molar-refractivity contribution < 1.29 is 0 Å². The van der Waals surface area contributed by atoms with Crippen LogP contribution in [0.25, 0.3) is 0 Å². The third kappa shape index (κ3) is 1.36. The van der Waals surface area contributed by atoms with E-state index in [2.05, 4.69) is 4.98 Å². The number of nitrogens with two attached hydrogens (primary N) is 1. The standard InChI is InChI=1S/C5H9N3.ClH/c1-4-5(6)8(2)3-7-4;/h3H,6H2,1-2H3;1H. The van der Waals surface area contributed by atoms with Crippen LogP contribution in [-0.2, 0) is 7.05 Å². The fourth-order valence-electron chi connectivity index (χ4n) is 0.557. The van der Waals surface area contributed by atoms with Crippen molar-refractivity contribution in [2.75, 3.05) is 5.73 Å². The zero-order chi connectivity index (χ0) is 6.15. The van der Waals surface area contributed by atoms with E-state index in [9.17, 15) is 0 Å². The van der Waals surface area contributed by atoms with Gasteiger partial charge in [-0.3, -0.25) is 0 Å². The first-order chi connectivity index (χ1) is 3.72. The normalized spacial score (nSPS) is 8.67. The smallest absolute Gasteiger partial charge is 0.126 e. The number of hydrogen-bond donors (Lipinski definition) is 1. The summed E-state index contributed by atoms with van der Waals surface area (Å²) in [7, 11) is 1.87. The molecule has 0 radical (unpaired) electrons. The van der Waals surface area contributed by atoms with Crippen LogP contribution < -0.4 is 5.73 Å². The molecule has 3 nitrogen and oxygen atoms in total. The molecule has 1 aromatic rings. The molecule has 0 spiro atoms. The van der Waals surface area contributed by atoms with Gasteiger partial charge in [-0.2, -0.15) is 0 Å². The molecule has 0 unspecified atom stereocenters. The molecule has 0 aliphatic carbocycles. The number of halogens is 1. The zero-order valence-corrected chi connectivity index (χ0v) is 6.27. The van der Waals surface area contributed by atoms with Crippen molar-refractivity contribution >= 4 is 18.2 Å². The van der Waals surface area contributed by atoms with Gasteiger partial charge in [0.05, 0.1) is 12.0 Å². The molecule has 9 heavy (non-hydrogen) atoms. The summed E-state index contributed by atoms with van der Waals surface area (Å²) in [6.45, 7) is 1.88. The van der Waals surface area contributed by atoms with Crippen molar-refractivity contribution in [3.63, 3.8) is 0 Å². The Morgan fingerprint density at radius 3 is 2.33 bits per heavy atom. The molecule has 0 aromatic carbocycles. The molecule has 0 aliphatic rings. The van der Waals surface area contributed by atoms with Crippen molar-refractivity contribution in [3.05, 3.63) is 12.0 Å². The summed E-state index contributed by atoms with van der Waals surface area (Å²) in [5.74, 6) is 0.741. The van der Waals surface area contributed by atoms with Crippen LogP contribution in [0.3, 0.4) is 0 Å². The fourth-order valence-corrected chi connectivity index (χ4v) is 0.557. The molecular formula is C5H10ClN3. The Morgan fingerprint density at radius 2 is 2.22 bits per heavy atom. The number of aryl methyl sites for hydroxylation is 2. The molecule has 4 heteroatoms. The number of imidazole rings is 1. The summed E-state index contributed by atoms with van der Waals surface area (Å²) < 4.78 is 1.79. The molecule has 0 fully saturated rings. The predicted molar refractivity (Wildman–Crippen MR) is 39.6 cm³/mol. The lowest BCUT2D eigenvalue weighted by atomic mass is 10.5. The minimum absolute atomic E-state index is 0. The summed E-state index contributed by atoms with van der Waals surface area (Å²) in [6.07, 6.45) is 1.70. The van der Waals surface area contributed by atoms with Gasteiger partial charge in [-0.15, -0.1) is 12.4 Å². The van der Waals surface area contributed by atoms with Gasteiger partial charge in [0.2, 0.25) is 0 Å². The highest BCUT2D eigenvalue weighted by atomic mass is 35.5. The summed E-state index contributed by atoms with van der Waals surface area (Å²) in [5, 5.41) is 0. The van der Waals surface area contributed by atoms with Crippen LogP contribution in [0.1, 0.15) is 5.69 Å². The van der Waals surface area contributed by atoms with Gasteiger partial charge in [0, 0.05) is 7.05 Å². The van der Waals surface area contributed by atoms with E-state index in [4.69, 9.17) is 5.73 Å². The number of hydrogen-bond acceptors (Lipinski definition) is 2. The zero-order valence-electron chi connectivity index (χ0n) is 5.46. The largest absolute Gasteiger partial charge is 0.384 e. The molecule has 52 valence electrons. The molecule has 0 saturated carbocycles. The van der Waals surface area contributed by atoms with E-state index >= 15 is 0 Å². The summed E-state index contributed by atoms with van der Waals surface area (Å²) in [5.41, 5.74) is 6.40. The molecular weight excluding hydrogens is 138 g/mol. The Labute approximate surface area is 60.3 Å². The monoisotopic (exact) mass is 147 g/mol. The van der Waals surface area contributed by atoms with Crippen molar-refractivity contribution in [2.45, 2.75) is 6.92 Å². The second-order valence-corrected chi connectivity index (χ2v) is 1.83. The number of aromatic nitrogens is 2. The first-order valence-corrected chi connectivity index (χ1v) is 2.45. The third-order valence-corrected chi connectivity index (χ3v) is 1.18. The Morgan fingerprint density at radius 1 is 1.67 bits per heavy atom. The molecule has 2 N–H and O–H groups in total. The molecule has 0 bridgehead atoms. The van der Waals surface area contributed by atoms with Crippen LogP contribution in [-0.4, -0.2) is 9.55 Å². The van der Waals surface area contributed by atoms with Crippen LogP contribution in [0.15, 0.2) is 6.33 Å². The van der Waals surface area contributed by atoms with Crippen LogP contribution in [0.4, 0.5) is 5.82 Å². The highest BCUT2D eigenvalue weighted by molar-refractivity contribution is 5.85. The second-order valence-electron chi connectivity index (χ2n) is 1.83. The average Bonchev–Trinajstić information content (AvgIpc) is 1.98. The topological polar surface area (TPSA) is 43.8 Å². The fraction of sp³-hybridized carbons (Fsp3) is 0.400. The van der Waals surface area contributed by atoms with E-state index in [1.807, 2.05) is 14.0 Å². The van der Waals surface area contributed by atoms with Gasteiger partial charge in [0.1, 0.15) is 5.82 Å². The van der Waals surface area contributed by atoms with Gasteiger partial charge in [-0.05, 0) is 6.92 Å². The highest BCUT2D eigenvalue weighted by Crippen LogP contribution is 2.03. The van der Waals surface area contributed by atoms with Crippen molar-refractivity contribution in [1.82, 2.24) is 9.55 Å². The molecule has 0 amide bonds. The Bertz CT molecular complexity index is 175. The second kappa shape index (κ2) is 2.73. The van der Waals surface area contributed by atoms with Crippen molar-refractivity contribution in [2.24, 2.45) is 7.05 Å².